The van der Waals surface area contributed by atoms with E-state index in [1.54, 1.807) is 0 Å². The van der Waals surface area contributed by atoms with Crippen LogP contribution in [0.25, 0.3) is 6.08 Å². The number of carbonyl (C=O) groups is 1. The molecule has 0 N–H and O–H groups in total. The second-order valence-electron chi connectivity index (χ2n) is 4.40. The van der Waals surface area contributed by atoms with Crippen molar-refractivity contribution in [3.63, 3.8) is 0 Å². The van der Waals surface area contributed by atoms with E-state index in [-0.39, 0.29) is 0 Å². The van der Waals surface area contributed by atoms with Crippen LogP contribution in [0.4, 0.5) is 0 Å². The summed E-state index contributed by atoms with van der Waals surface area (Å²) in [7, 11) is 0. The van der Waals surface area contributed by atoms with Crippen LogP contribution in [0.1, 0.15) is 41.3 Å². The predicted molar refractivity (Wildman–Crippen MR) is 62.9 cm³/mol. The molecule has 0 radical (unpaired) electrons. The molecular weight excluding hydrogens is 184 g/mol. The topological polar surface area (TPSA) is 17.1 Å². The highest BCUT2D eigenvalue weighted by Gasteiger charge is 2.22. The summed E-state index contributed by atoms with van der Waals surface area (Å²) in [6.45, 7) is 4.27. The Bertz CT molecular complexity index is 411. The molecule has 1 heteroatoms. The molecule has 0 bridgehead atoms. The van der Waals surface area contributed by atoms with Gasteiger partial charge in [-0.15, -0.1) is 0 Å². The van der Waals surface area contributed by atoms with Gasteiger partial charge in [-0.3, -0.25) is 4.79 Å². The Kier molecular flexibility index (Phi) is 2.72. The van der Waals surface area contributed by atoms with Crippen molar-refractivity contribution in [2.45, 2.75) is 26.7 Å². The lowest BCUT2D eigenvalue weighted by Gasteiger charge is -2.03. The average Bonchev–Trinajstić information content (AvgIpc) is 3.04. The SMILES string of the molecule is C/C(=C\c1cc(C=O)ccc1C)C1CC1. The summed E-state index contributed by atoms with van der Waals surface area (Å²) in [6, 6.07) is 5.84. The molecule has 1 aromatic rings. The summed E-state index contributed by atoms with van der Waals surface area (Å²) in [5.41, 5.74) is 4.63. The lowest BCUT2D eigenvalue weighted by molar-refractivity contribution is 0.112. The van der Waals surface area contributed by atoms with Gasteiger partial charge in [0.15, 0.2) is 0 Å². The highest BCUT2D eigenvalue weighted by Crippen LogP contribution is 2.37. The van der Waals surface area contributed by atoms with Gasteiger partial charge in [0.1, 0.15) is 6.29 Å². The molecule has 0 atom stereocenters. The van der Waals surface area contributed by atoms with Gasteiger partial charge in [0.2, 0.25) is 0 Å². The summed E-state index contributed by atoms with van der Waals surface area (Å²) in [5, 5.41) is 0. The van der Waals surface area contributed by atoms with Crippen LogP contribution in [-0.2, 0) is 0 Å². The first kappa shape index (κ1) is 10.2. The van der Waals surface area contributed by atoms with Crippen molar-refractivity contribution in [2.24, 2.45) is 5.92 Å². The zero-order valence-electron chi connectivity index (χ0n) is 9.29. The van der Waals surface area contributed by atoms with Gasteiger partial charge in [-0.05, 0) is 49.8 Å². The molecule has 0 spiro atoms. The third-order valence-corrected chi connectivity index (χ3v) is 3.04. The van der Waals surface area contributed by atoms with Crippen molar-refractivity contribution in [2.75, 3.05) is 0 Å². The maximum atomic E-state index is 10.7. The number of allylic oxidation sites excluding steroid dienone is 1. The Morgan fingerprint density at radius 1 is 1.40 bits per heavy atom. The number of aryl methyl sites for hydroxylation is 1. The largest absolute Gasteiger partial charge is 0.298 e. The van der Waals surface area contributed by atoms with Crippen molar-refractivity contribution >= 4 is 12.4 Å². The van der Waals surface area contributed by atoms with Gasteiger partial charge < -0.3 is 0 Å². The smallest absolute Gasteiger partial charge is 0.150 e. The third-order valence-electron chi connectivity index (χ3n) is 3.04. The lowest BCUT2D eigenvalue weighted by Crippen LogP contribution is -1.87. The first-order chi connectivity index (χ1) is 7.20. The van der Waals surface area contributed by atoms with E-state index in [9.17, 15) is 4.79 Å². The Balaban J connectivity index is 2.33. The van der Waals surface area contributed by atoms with E-state index in [0.717, 1.165) is 17.8 Å². The first-order valence-corrected chi connectivity index (χ1v) is 5.44. The summed E-state index contributed by atoms with van der Waals surface area (Å²) in [6.07, 6.45) is 5.78. The van der Waals surface area contributed by atoms with Crippen LogP contribution in [0.5, 0.6) is 0 Å². The zero-order chi connectivity index (χ0) is 10.8. The van der Waals surface area contributed by atoms with Crippen LogP contribution in [-0.4, -0.2) is 6.29 Å². The molecule has 0 aliphatic heterocycles. The van der Waals surface area contributed by atoms with E-state index < -0.39 is 0 Å². The predicted octanol–water partition coefficient (Wildman–Crippen LogP) is 3.62. The van der Waals surface area contributed by atoms with Gasteiger partial charge in [0.25, 0.3) is 0 Å². The Hall–Kier alpha value is -1.37. The number of rotatable bonds is 3. The van der Waals surface area contributed by atoms with Crippen molar-refractivity contribution in [3.05, 3.63) is 40.5 Å². The molecule has 0 unspecified atom stereocenters. The Morgan fingerprint density at radius 3 is 2.73 bits per heavy atom. The molecule has 2 rings (SSSR count). The van der Waals surface area contributed by atoms with E-state index in [4.69, 9.17) is 0 Å². The fourth-order valence-corrected chi connectivity index (χ4v) is 1.79. The minimum Gasteiger partial charge on any atom is -0.298 e. The third kappa shape index (κ3) is 2.35. The van der Waals surface area contributed by atoms with Gasteiger partial charge >= 0.3 is 0 Å². The first-order valence-electron chi connectivity index (χ1n) is 5.44. The number of aldehydes is 1. The van der Waals surface area contributed by atoms with Gasteiger partial charge in [0.05, 0.1) is 0 Å². The van der Waals surface area contributed by atoms with E-state index in [2.05, 4.69) is 19.9 Å². The van der Waals surface area contributed by atoms with Gasteiger partial charge in [-0.2, -0.15) is 0 Å². The number of hydrogen-bond donors (Lipinski definition) is 0. The van der Waals surface area contributed by atoms with Crippen molar-refractivity contribution in [1.82, 2.24) is 0 Å². The molecule has 0 heterocycles. The van der Waals surface area contributed by atoms with Crippen LogP contribution in [0.15, 0.2) is 23.8 Å². The summed E-state index contributed by atoms with van der Waals surface area (Å²) in [4.78, 5) is 10.7. The van der Waals surface area contributed by atoms with Crippen molar-refractivity contribution in [1.29, 1.82) is 0 Å². The maximum absolute atomic E-state index is 10.7. The summed E-state index contributed by atoms with van der Waals surface area (Å²) in [5.74, 6) is 0.796. The molecule has 0 aromatic heterocycles. The standard InChI is InChI=1S/C14H16O/c1-10-3-4-12(9-15)8-14(10)7-11(2)13-5-6-13/h3-4,7-9,13H,5-6H2,1-2H3/b11-7+. The van der Waals surface area contributed by atoms with Crippen LogP contribution < -0.4 is 0 Å². The Labute approximate surface area is 90.8 Å². The Morgan fingerprint density at radius 2 is 2.13 bits per heavy atom. The van der Waals surface area contributed by atoms with Crippen molar-refractivity contribution in [3.8, 4) is 0 Å². The average molecular weight is 200 g/mol. The molecule has 1 aliphatic rings. The number of hydrogen-bond acceptors (Lipinski definition) is 1. The molecular formula is C14H16O. The second-order valence-corrected chi connectivity index (χ2v) is 4.40. The van der Waals surface area contributed by atoms with Gasteiger partial charge in [-0.25, -0.2) is 0 Å². The lowest BCUT2D eigenvalue weighted by atomic mass is 10.0. The molecule has 15 heavy (non-hydrogen) atoms. The van der Waals surface area contributed by atoms with Crippen LogP contribution >= 0.6 is 0 Å². The van der Waals surface area contributed by atoms with Gasteiger partial charge in [-0.1, -0.05) is 23.8 Å². The van der Waals surface area contributed by atoms with Crippen LogP contribution in [0.2, 0.25) is 0 Å². The quantitative estimate of drug-likeness (QED) is 0.681. The number of carbonyl (C=O) groups excluding carboxylic acids is 1. The van der Waals surface area contributed by atoms with Crippen LogP contribution in [0, 0.1) is 12.8 Å². The molecule has 0 saturated heterocycles. The second kappa shape index (κ2) is 4.01. The summed E-state index contributed by atoms with van der Waals surface area (Å²) >= 11 is 0. The zero-order valence-corrected chi connectivity index (χ0v) is 9.29. The minimum atomic E-state index is 0.760. The molecule has 1 aromatic carbocycles. The number of benzene rings is 1. The molecule has 78 valence electrons. The highest BCUT2D eigenvalue weighted by molar-refractivity contribution is 5.77. The monoisotopic (exact) mass is 200 g/mol. The van der Waals surface area contributed by atoms with Gasteiger partial charge in [0, 0.05) is 5.56 Å². The van der Waals surface area contributed by atoms with E-state index in [1.807, 2.05) is 18.2 Å². The molecule has 0 amide bonds. The maximum Gasteiger partial charge on any atom is 0.150 e. The summed E-state index contributed by atoms with van der Waals surface area (Å²) < 4.78 is 0. The fourth-order valence-electron chi connectivity index (χ4n) is 1.79. The van der Waals surface area contributed by atoms with Crippen LogP contribution in [0.3, 0.4) is 0 Å². The van der Waals surface area contributed by atoms with E-state index in [1.165, 1.54) is 29.5 Å². The molecule has 1 fully saturated rings. The van der Waals surface area contributed by atoms with Crippen molar-refractivity contribution < 1.29 is 4.79 Å². The molecule has 1 aliphatic carbocycles. The molecule has 1 nitrogen and oxygen atoms in total. The van der Waals surface area contributed by atoms with E-state index >= 15 is 0 Å². The molecule has 1 saturated carbocycles. The van der Waals surface area contributed by atoms with E-state index in [0.29, 0.717) is 0 Å². The minimum absolute atomic E-state index is 0.760. The normalized spacial score (nSPS) is 16.5. The fraction of sp³-hybridized carbons (Fsp3) is 0.357. The highest BCUT2D eigenvalue weighted by atomic mass is 16.1.